The van der Waals surface area contributed by atoms with E-state index in [9.17, 15) is 13.2 Å². The van der Waals surface area contributed by atoms with Crippen LogP contribution in [-0.2, 0) is 14.8 Å². The Morgan fingerprint density at radius 3 is 2.73 bits per heavy atom. The zero-order valence-electron chi connectivity index (χ0n) is 13.5. The van der Waals surface area contributed by atoms with E-state index in [1.54, 1.807) is 6.08 Å². The van der Waals surface area contributed by atoms with E-state index < -0.39 is 22.5 Å². The summed E-state index contributed by atoms with van der Waals surface area (Å²) >= 11 is 14.4. The lowest BCUT2D eigenvalue weighted by Crippen LogP contribution is -2.37. The molecule has 0 atom stereocenters. The molecule has 0 fully saturated rings. The van der Waals surface area contributed by atoms with Crippen molar-refractivity contribution in [3.63, 3.8) is 0 Å². The van der Waals surface area contributed by atoms with Crippen molar-refractivity contribution in [3.8, 4) is 0 Å². The van der Waals surface area contributed by atoms with Crippen molar-refractivity contribution >= 4 is 73.0 Å². The molecule has 0 bridgehead atoms. The van der Waals surface area contributed by atoms with Crippen LogP contribution in [0, 0.1) is 0 Å². The van der Waals surface area contributed by atoms with Crippen molar-refractivity contribution in [3.05, 3.63) is 40.9 Å². The monoisotopic (exact) mass is 452 g/mol. The number of anilines is 2. The minimum absolute atomic E-state index is 0.186. The van der Waals surface area contributed by atoms with E-state index in [-0.39, 0.29) is 20.9 Å². The van der Waals surface area contributed by atoms with Gasteiger partial charge in [-0.15, -0.1) is 16.8 Å². The number of hydrogen-bond acceptors (Lipinski definition) is 7. The maximum atomic E-state index is 12.3. The van der Waals surface area contributed by atoms with Crippen LogP contribution >= 0.6 is 46.3 Å². The van der Waals surface area contributed by atoms with E-state index >= 15 is 0 Å². The minimum Gasteiger partial charge on any atom is -0.299 e. The maximum Gasteiger partial charge on any atom is 0.246 e. The highest BCUT2D eigenvalue weighted by Crippen LogP contribution is 2.29. The first kappa shape index (κ1) is 21.0. The number of sulfonamides is 1. The van der Waals surface area contributed by atoms with Gasteiger partial charge in [0.2, 0.25) is 21.1 Å². The van der Waals surface area contributed by atoms with Gasteiger partial charge in [-0.2, -0.15) is 0 Å². The van der Waals surface area contributed by atoms with Crippen LogP contribution in [0.25, 0.3) is 0 Å². The van der Waals surface area contributed by atoms with Gasteiger partial charge in [0.1, 0.15) is 6.54 Å². The van der Waals surface area contributed by atoms with Crippen LogP contribution in [-0.4, -0.2) is 43.1 Å². The summed E-state index contributed by atoms with van der Waals surface area (Å²) in [5, 5.41) is 11.1. The van der Waals surface area contributed by atoms with Crippen LogP contribution in [0.2, 0.25) is 10.0 Å². The Hall–Kier alpha value is -1.33. The fourth-order valence-electron chi connectivity index (χ4n) is 1.78. The SMILES string of the molecule is C=CCSc1nnc(NC(=O)CN(c2ccc(Cl)c(Cl)c2)S(C)(=O)=O)s1. The highest BCUT2D eigenvalue weighted by atomic mass is 35.5. The smallest absolute Gasteiger partial charge is 0.246 e. The molecule has 0 spiro atoms. The Bertz CT molecular complexity index is 918. The third-order valence-electron chi connectivity index (χ3n) is 2.86. The molecular weight excluding hydrogens is 439 g/mol. The van der Waals surface area contributed by atoms with Gasteiger partial charge >= 0.3 is 0 Å². The van der Waals surface area contributed by atoms with E-state index in [1.165, 1.54) is 41.3 Å². The first-order valence-electron chi connectivity index (χ1n) is 7.00. The molecule has 1 heterocycles. The highest BCUT2D eigenvalue weighted by Gasteiger charge is 2.22. The van der Waals surface area contributed by atoms with Crippen molar-refractivity contribution in [1.29, 1.82) is 0 Å². The average Bonchev–Trinajstić information content (AvgIpc) is 2.99. The lowest BCUT2D eigenvalue weighted by molar-refractivity contribution is -0.114. The van der Waals surface area contributed by atoms with Crippen molar-refractivity contribution in [2.45, 2.75) is 4.34 Å². The number of amides is 1. The fourth-order valence-corrected chi connectivity index (χ4v) is 4.45. The first-order valence-corrected chi connectivity index (χ1v) is 11.4. The molecule has 1 N–H and O–H groups in total. The van der Waals surface area contributed by atoms with E-state index in [0.717, 1.165) is 10.6 Å². The van der Waals surface area contributed by atoms with Gasteiger partial charge in [0, 0.05) is 5.75 Å². The largest absolute Gasteiger partial charge is 0.299 e. The molecule has 0 aliphatic rings. The summed E-state index contributed by atoms with van der Waals surface area (Å²) in [4.78, 5) is 12.3. The molecule has 26 heavy (non-hydrogen) atoms. The molecule has 1 aromatic carbocycles. The number of nitrogens with one attached hydrogen (secondary N) is 1. The first-order chi connectivity index (χ1) is 12.2. The van der Waals surface area contributed by atoms with E-state index in [2.05, 4.69) is 22.1 Å². The number of thioether (sulfide) groups is 1. The molecule has 0 aliphatic carbocycles. The molecule has 1 aromatic heterocycles. The molecule has 0 unspecified atom stereocenters. The quantitative estimate of drug-likeness (QED) is 0.374. The molecule has 140 valence electrons. The van der Waals surface area contributed by atoms with Crippen molar-refractivity contribution in [2.75, 3.05) is 28.2 Å². The normalized spacial score (nSPS) is 11.2. The summed E-state index contributed by atoms with van der Waals surface area (Å²) in [7, 11) is -3.72. The second kappa shape index (κ2) is 9.05. The predicted octanol–water partition coefficient (Wildman–Crippen LogP) is 3.53. The zero-order valence-corrected chi connectivity index (χ0v) is 17.4. The Kier molecular flexibility index (Phi) is 7.30. The van der Waals surface area contributed by atoms with Crippen molar-refractivity contribution < 1.29 is 13.2 Å². The molecule has 2 aromatic rings. The van der Waals surface area contributed by atoms with Crippen molar-refractivity contribution in [1.82, 2.24) is 10.2 Å². The molecule has 0 radical (unpaired) electrons. The van der Waals surface area contributed by atoms with Crippen LogP contribution in [0.5, 0.6) is 0 Å². The van der Waals surface area contributed by atoms with Gasteiger partial charge in [0.15, 0.2) is 4.34 Å². The van der Waals surface area contributed by atoms with Crippen LogP contribution in [0.15, 0.2) is 35.2 Å². The maximum absolute atomic E-state index is 12.3. The topological polar surface area (TPSA) is 92.3 Å². The Morgan fingerprint density at radius 1 is 1.38 bits per heavy atom. The Labute approximate surface area is 169 Å². The molecule has 1 amide bonds. The van der Waals surface area contributed by atoms with Crippen molar-refractivity contribution in [2.24, 2.45) is 0 Å². The number of carbonyl (C=O) groups excluding carboxylic acids is 1. The summed E-state index contributed by atoms with van der Waals surface area (Å²) in [6, 6.07) is 4.31. The van der Waals surface area contributed by atoms with Crippen LogP contribution in [0.4, 0.5) is 10.8 Å². The molecular formula is C14H14Cl2N4O3S3. The van der Waals surface area contributed by atoms with Gasteiger partial charge in [-0.25, -0.2) is 8.42 Å². The predicted molar refractivity (Wildman–Crippen MR) is 108 cm³/mol. The number of nitrogens with zero attached hydrogens (tertiary/aromatic N) is 3. The molecule has 0 aliphatic heterocycles. The Balaban J connectivity index is 2.13. The number of hydrogen-bond donors (Lipinski definition) is 1. The van der Waals surface area contributed by atoms with Gasteiger partial charge in [-0.3, -0.25) is 14.4 Å². The number of rotatable bonds is 8. The van der Waals surface area contributed by atoms with Gasteiger partial charge in [0.25, 0.3) is 0 Å². The molecule has 0 saturated heterocycles. The second-order valence-corrected chi connectivity index (χ2v) is 9.85. The molecule has 0 saturated carbocycles. The third kappa shape index (κ3) is 5.85. The summed E-state index contributed by atoms with van der Waals surface area (Å²) in [5.41, 5.74) is 0.233. The standard InChI is InChI=1S/C14H14Cl2N4O3S3/c1-3-6-24-14-19-18-13(25-14)17-12(21)8-20(26(2,22)23)9-4-5-10(15)11(16)7-9/h3-5,7H,1,6,8H2,2H3,(H,17,18,21). The van der Waals surface area contributed by atoms with Gasteiger partial charge in [-0.05, 0) is 18.2 Å². The summed E-state index contributed by atoms with van der Waals surface area (Å²) < 4.78 is 25.7. The third-order valence-corrected chi connectivity index (χ3v) is 6.70. The number of aromatic nitrogens is 2. The fraction of sp³-hybridized carbons (Fsp3) is 0.214. The lowest BCUT2D eigenvalue weighted by Gasteiger charge is -2.21. The number of benzene rings is 1. The van der Waals surface area contributed by atoms with Crippen LogP contribution < -0.4 is 9.62 Å². The van der Waals surface area contributed by atoms with Gasteiger partial charge < -0.3 is 0 Å². The Morgan fingerprint density at radius 2 is 2.12 bits per heavy atom. The molecule has 2 rings (SSSR count). The summed E-state index contributed by atoms with van der Waals surface area (Å²) in [5.74, 6) is 0.111. The lowest BCUT2D eigenvalue weighted by atomic mass is 10.3. The zero-order chi connectivity index (χ0) is 19.3. The van der Waals surface area contributed by atoms with Crippen LogP contribution in [0.1, 0.15) is 0 Å². The van der Waals surface area contributed by atoms with Gasteiger partial charge in [0.05, 0.1) is 22.0 Å². The summed E-state index contributed by atoms with van der Waals surface area (Å²) in [6.07, 6.45) is 2.73. The van der Waals surface area contributed by atoms with E-state index in [1.807, 2.05) is 0 Å². The number of carbonyl (C=O) groups is 1. The van der Waals surface area contributed by atoms with E-state index in [4.69, 9.17) is 23.2 Å². The van der Waals surface area contributed by atoms with Crippen LogP contribution in [0.3, 0.4) is 0 Å². The average molecular weight is 453 g/mol. The molecule has 12 heteroatoms. The van der Waals surface area contributed by atoms with Gasteiger partial charge in [-0.1, -0.05) is 52.4 Å². The highest BCUT2D eigenvalue weighted by molar-refractivity contribution is 8.01. The van der Waals surface area contributed by atoms with E-state index in [0.29, 0.717) is 10.1 Å². The number of halogens is 2. The minimum atomic E-state index is -3.72. The second-order valence-electron chi connectivity index (χ2n) is 4.89. The molecule has 7 nitrogen and oxygen atoms in total. The summed E-state index contributed by atoms with van der Waals surface area (Å²) in [6.45, 7) is 3.17.